The Labute approximate surface area is 139 Å². The summed E-state index contributed by atoms with van der Waals surface area (Å²) in [5.74, 6) is -1.66. The topological polar surface area (TPSA) is 83.6 Å². The molecule has 0 saturated heterocycles. The third-order valence-corrected chi connectivity index (χ3v) is 4.45. The molecule has 1 amide bonds. The minimum atomic E-state index is -1.06. The number of amides is 1. The van der Waals surface area contributed by atoms with Crippen molar-refractivity contribution in [3.8, 4) is 0 Å². The highest BCUT2D eigenvalue weighted by Gasteiger charge is 2.26. The van der Waals surface area contributed by atoms with E-state index < -0.39 is 23.6 Å². The highest BCUT2D eigenvalue weighted by Crippen LogP contribution is 2.24. The minimum Gasteiger partial charge on any atom is -0.337 e. The van der Waals surface area contributed by atoms with Gasteiger partial charge in [-0.2, -0.15) is 5.21 Å². The Hall–Kier alpha value is -2.68. The number of tetrazole rings is 1. The average molecular weight is 349 g/mol. The van der Waals surface area contributed by atoms with E-state index in [-0.39, 0.29) is 11.4 Å². The normalized spacial score (nSPS) is 12.1. The van der Waals surface area contributed by atoms with Crippen molar-refractivity contribution in [1.29, 1.82) is 0 Å². The molecule has 3 rings (SSSR count). The van der Waals surface area contributed by atoms with Gasteiger partial charge in [0.25, 0.3) is 5.91 Å². The Morgan fingerprint density at radius 3 is 2.92 bits per heavy atom. The van der Waals surface area contributed by atoms with Gasteiger partial charge in [0.1, 0.15) is 17.7 Å². The van der Waals surface area contributed by atoms with Gasteiger partial charge in [0.15, 0.2) is 0 Å². The first kappa shape index (κ1) is 16.2. The quantitative estimate of drug-likeness (QED) is 0.742. The molecule has 0 aliphatic carbocycles. The van der Waals surface area contributed by atoms with Gasteiger partial charge in [-0.1, -0.05) is 12.1 Å². The van der Waals surface area contributed by atoms with E-state index in [4.69, 9.17) is 0 Å². The molecule has 1 atom stereocenters. The number of hydrogen-bond donors (Lipinski definition) is 2. The number of aromatic nitrogens is 4. The maximum absolute atomic E-state index is 14.1. The van der Waals surface area contributed by atoms with Gasteiger partial charge in [-0.15, -0.1) is 21.5 Å². The van der Waals surface area contributed by atoms with Crippen molar-refractivity contribution in [2.45, 2.75) is 19.4 Å². The van der Waals surface area contributed by atoms with Gasteiger partial charge in [0.05, 0.1) is 4.88 Å². The van der Waals surface area contributed by atoms with Crippen LogP contribution in [0.5, 0.6) is 0 Å². The molecule has 2 heterocycles. The Kier molecular flexibility index (Phi) is 4.61. The number of H-pyrrole nitrogens is 1. The molecular weight excluding hydrogens is 336 g/mol. The molecular formula is C15H13F2N5OS. The Morgan fingerprint density at radius 2 is 2.21 bits per heavy atom. The fraction of sp³-hybridized carbons (Fsp3) is 0.200. The first-order valence-corrected chi connectivity index (χ1v) is 8.03. The number of thiophene rings is 1. The van der Waals surface area contributed by atoms with Crippen LogP contribution in [0.15, 0.2) is 29.6 Å². The molecule has 0 radical (unpaired) electrons. The van der Waals surface area contributed by atoms with Crippen LogP contribution in [0.4, 0.5) is 8.78 Å². The largest absolute Gasteiger partial charge is 0.337 e. The van der Waals surface area contributed by atoms with E-state index in [1.54, 1.807) is 5.38 Å². The molecule has 9 heteroatoms. The maximum Gasteiger partial charge on any atom is 0.262 e. The van der Waals surface area contributed by atoms with Crippen molar-refractivity contribution in [3.63, 3.8) is 0 Å². The van der Waals surface area contributed by atoms with Crippen molar-refractivity contribution in [2.24, 2.45) is 0 Å². The molecule has 6 nitrogen and oxygen atoms in total. The molecule has 2 aromatic heterocycles. The summed E-state index contributed by atoms with van der Waals surface area (Å²) in [6.45, 7) is 1.93. The molecule has 0 spiro atoms. The number of rotatable bonds is 5. The number of nitrogens with zero attached hydrogens (tertiary/aromatic N) is 3. The minimum absolute atomic E-state index is 0.0439. The van der Waals surface area contributed by atoms with Crippen LogP contribution < -0.4 is 5.32 Å². The number of aromatic amines is 1. The van der Waals surface area contributed by atoms with Crippen LogP contribution in [-0.2, 0) is 6.42 Å². The van der Waals surface area contributed by atoms with Crippen LogP contribution in [-0.4, -0.2) is 26.5 Å². The number of carbonyl (C=O) groups excluding carboxylic acids is 1. The molecule has 0 bridgehead atoms. The first-order valence-electron chi connectivity index (χ1n) is 7.15. The van der Waals surface area contributed by atoms with Crippen LogP contribution in [0.25, 0.3) is 0 Å². The van der Waals surface area contributed by atoms with Gasteiger partial charge < -0.3 is 5.32 Å². The number of nitrogens with one attached hydrogen (secondary N) is 2. The predicted octanol–water partition coefficient (Wildman–Crippen LogP) is 2.62. The van der Waals surface area contributed by atoms with Gasteiger partial charge >= 0.3 is 0 Å². The van der Waals surface area contributed by atoms with Crippen LogP contribution in [0.2, 0.25) is 0 Å². The molecule has 0 fully saturated rings. The van der Waals surface area contributed by atoms with Crippen molar-refractivity contribution in [1.82, 2.24) is 25.9 Å². The summed E-state index contributed by atoms with van der Waals surface area (Å²) in [6, 6.07) is 3.80. The Morgan fingerprint density at radius 1 is 1.38 bits per heavy atom. The van der Waals surface area contributed by atoms with E-state index in [0.717, 1.165) is 23.8 Å². The van der Waals surface area contributed by atoms with Crippen LogP contribution in [0, 0.1) is 11.6 Å². The zero-order valence-electron chi connectivity index (χ0n) is 12.6. The molecule has 124 valence electrons. The maximum atomic E-state index is 14.1. The lowest BCUT2D eigenvalue weighted by Gasteiger charge is -2.16. The number of halogens is 2. The summed E-state index contributed by atoms with van der Waals surface area (Å²) < 4.78 is 27.7. The van der Waals surface area contributed by atoms with E-state index in [9.17, 15) is 13.6 Å². The lowest BCUT2D eigenvalue weighted by Crippen LogP contribution is -2.31. The Bertz CT molecular complexity index is 849. The number of hydrogen-bond acceptors (Lipinski definition) is 5. The fourth-order valence-corrected chi connectivity index (χ4v) is 3.22. The molecule has 0 unspecified atom stereocenters. The van der Waals surface area contributed by atoms with Crippen molar-refractivity contribution in [3.05, 3.63) is 63.1 Å². The first-order chi connectivity index (χ1) is 11.6. The predicted molar refractivity (Wildman–Crippen MR) is 83.5 cm³/mol. The van der Waals surface area contributed by atoms with E-state index in [1.807, 2.05) is 13.0 Å². The van der Waals surface area contributed by atoms with Crippen molar-refractivity contribution >= 4 is 17.2 Å². The second-order valence-corrected chi connectivity index (χ2v) is 5.89. The molecule has 24 heavy (non-hydrogen) atoms. The average Bonchev–Trinajstić information content (AvgIpc) is 3.26. The second kappa shape index (κ2) is 6.83. The van der Waals surface area contributed by atoms with E-state index in [1.165, 1.54) is 11.3 Å². The highest BCUT2D eigenvalue weighted by molar-refractivity contribution is 7.12. The van der Waals surface area contributed by atoms with Gasteiger partial charge in [-0.05, 0) is 41.6 Å². The van der Waals surface area contributed by atoms with Gasteiger partial charge in [-0.25, -0.2) is 8.78 Å². The lowest BCUT2D eigenvalue weighted by molar-refractivity contribution is 0.0944. The van der Waals surface area contributed by atoms with Crippen LogP contribution >= 0.6 is 11.3 Å². The highest BCUT2D eigenvalue weighted by atomic mass is 32.1. The molecule has 0 aliphatic heterocycles. The van der Waals surface area contributed by atoms with Gasteiger partial charge in [0.2, 0.25) is 5.82 Å². The summed E-state index contributed by atoms with van der Waals surface area (Å²) >= 11 is 1.28. The molecule has 0 saturated carbocycles. The summed E-state index contributed by atoms with van der Waals surface area (Å²) in [5.41, 5.74) is 0.809. The van der Waals surface area contributed by atoms with Crippen molar-refractivity contribution in [2.75, 3.05) is 0 Å². The summed E-state index contributed by atoms with van der Waals surface area (Å²) in [7, 11) is 0. The monoisotopic (exact) mass is 349 g/mol. The molecule has 2 N–H and O–H groups in total. The number of benzene rings is 1. The molecule has 3 aromatic rings. The summed E-state index contributed by atoms with van der Waals surface area (Å²) in [4.78, 5) is 13.1. The number of carbonyl (C=O) groups is 1. The standard InChI is InChI=1S/C15H13F2N5OS/c1-2-8-5-6-24-13(8)15(23)18-12(14-19-21-22-20-14)10-7-9(16)3-4-11(10)17/h3-7,12H,2H2,1H3,(H,18,23)(H,19,20,21,22)/t12-/m1/s1. The van der Waals surface area contributed by atoms with Gasteiger partial charge in [0, 0.05) is 5.56 Å². The summed E-state index contributed by atoms with van der Waals surface area (Å²) in [5, 5.41) is 17.7. The third kappa shape index (κ3) is 3.16. The zero-order valence-corrected chi connectivity index (χ0v) is 13.4. The second-order valence-electron chi connectivity index (χ2n) is 4.97. The lowest BCUT2D eigenvalue weighted by atomic mass is 10.0. The fourth-order valence-electron chi connectivity index (χ4n) is 2.32. The van der Waals surface area contributed by atoms with E-state index >= 15 is 0 Å². The smallest absolute Gasteiger partial charge is 0.262 e. The molecule has 0 aliphatic rings. The summed E-state index contributed by atoms with van der Waals surface area (Å²) in [6.07, 6.45) is 0.688. The SMILES string of the molecule is CCc1ccsc1C(=O)N[C@@H](c1nn[nH]n1)c1cc(F)ccc1F. The Balaban J connectivity index is 1.97. The van der Waals surface area contributed by atoms with E-state index in [2.05, 4.69) is 25.9 Å². The van der Waals surface area contributed by atoms with Crippen LogP contribution in [0.3, 0.4) is 0 Å². The van der Waals surface area contributed by atoms with Gasteiger partial charge in [-0.3, -0.25) is 4.79 Å². The van der Waals surface area contributed by atoms with Crippen LogP contribution in [0.1, 0.15) is 39.6 Å². The van der Waals surface area contributed by atoms with E-state index in [0.29, 0.717) is 11.3 Å². The zero-order chi connectivity index (χ0) is 17.1. The number of aryl methyl sites for hydroxylation is 1. The third-order valence-electron chi connectivity index (χ3n) is 3.50. The molecule has 1 aromatic carbocycles. The van der Waals surface area contributed by atoms with Crippen molar-refractivity contribution < 1.29 is 13.6 Å².